The Labute approximate surface area is 129 Å². The molecule has 0 saturated heterocycles. The average Bonchev–Trinajstić information content (AvgIpc) is 2.91. The van der Waals surface area contributed by atoms with Crippen LogP contribution in [0.1, 0.15) is 29.4 Å². The fourth-order valence-electron chi connectivity index (χ4n) is 2.49. The van der Waals surface area contributed by atoms with Gasteiger partial charge in [0, 0.05) is 0 Å². The monoisotopic (exact) mass is 290 g/mol. The fourth-order valence-corrected chi connectivity index (χ4v) is 2.49. The summed E-state index contributed by atoms with van der Waals surface area (Å²) in [7, 11) is 0. The third-order valence-corrected chi connectivity index (χ3v) is 3.76. The van der Waals surface area contributed by atoms with Crippen molar-refractivity contribution in [2.24, 2.45) is 0 Å². The van der Waals surface area contributed by atoms with Gasteiger partial charge in [0.2, 0.25) is 0 Å². The van der Waals surface area contributed by atoms with Crippen molar-refractivity contribution >= 4 is 28.5 Å². The van der Waals surface area contributed by atoms with Crippen molar-refractivity contribution in [3.8, 4) is 0 Å². The molecule has 3 nitrogen and oxygen atoms in total. The Balaban J connectivity index is 2.15. The number of nitrogens with zero attached hydrogens (tertiary/aromatic N) is 1. The van der Waals surface area contributed by atoms with Gasteiger partial charge in [0.15, 0.2) is 5.78 Å². The van der Waals surface area contributed by atoms with E-state index < -0.39 is 0 Å². The van der Waals surface area contributed by atoms with Crippen molar-refractivity contribution in [1.29, 1.82) is 0 Å². The Morgan fingerprint density at radius 1 is 1.14 bits per heavy atom. The molecular formula is C19H18N2O. The lowest BCUT2D eigenvalue weighted by Crippen LogP contribution is -1.98. The summed E-state index contributed by atoms with van der Waals surface area (Å²) in [4.78, 5) is 19.9. The van der Waals surface area contributed by atoms with Crippen molar-refractivity contribution in [2.45, 2.75) is 20.8 Å². The van der Waals surface area contributed by atoms with Crippen molar-refractivity contribution in [3.05, 3.63) is 65.0 Å². The average molecular weight is 290 g/mol. The standard InChI is InChI=1S/C19H18N2O/c1-12-8-9-13(2)15(10-12)11-16(14(3)22)19-20-17-6-4-5-7-18(17)21-19/h4-11H,1-3H3,(H,20,21)/b16-11+. The van der Waals surface area contributed by atoms with Crippen LogP contribution < -0.4 is 0 Å². The highest BCUT2D eigenvalue weighted by atomic mass is 16.1. The molecule has 0 bridgehead atoms. The fraction of sp³-hybridized carbons (Fsp3) is 0.158. The lowest BCUT2D eigenvalue weighted by atomic mass is 10.0. The number of rotatable bonds is 3. The largest absolute Gasteiger partial charge is 0.338 e. The molecule has 0 saturated carbocycles. The minimum Gasteiger partial charge on any atom is -0.338 e. The van der Waals surface area contributed by atoms with E-state index in [1.807, 2.05) is 44.2 Å². The molecule has 2 aromatic carbocycles. The van der Waals surface area contributed by atoms with Gasteiger partial charge in [-0.25, -0.2) is 4.98 Å². The molecule has 1 heterocycles. The third kappa shape index (κ3) is 2.70. The number of aromatic amines is 1. The highest BCUT2D eigenvalue weighted by molar-refractivity contribution is 6.23. The highest BCUT2D eigenvalue weighted by Crippen LogP contribution is 2.22. The summed E-state index contributed by atoms with van der Waals surface area (Å²) in [6.45, 7) is 5.66. The SMILES string of the molecule is CC(=O)/C(=C\c1cc(C)ccc1C)c1nc2ccccc2[nH]1. The molecule has 110 valence electrons. The van der Waals surface area contributed by atoms with E-state index in [-0.39, 0.29) is 5.78 Å². The summed E-state index contributed by atoms with van der Waals surface area (Å²) < 4.78 is 0. The van der Waals surface area contributed by atoms with Crippen LogP contribution in [0.5, 0.6) is 0 Å². The highest BCUT2D eigenvalue weighted by Gasteiger charge is 2.13. The topological polar surface area (TPSA) is 45.8 Å². The van der Waals surface area contributed by atoms with E-state index in [4.69, 9.17) is 0 Å². The quantitative estimate of drug-likeness (QED) is 0.731. The molecule has 0 aliphatic heterocycles. The van der Waals surface area contributed by atoms with E-state index in [2.05, 4.69) is 28.2 Å². The Bertz CT molecular complexity index is 854. The van der Waals surface area contributed by atoms with E-state index >= 15 is 0 Å². The molecule has 0 aliphatic rings. The number of allylic oxidation sites excluding steroid dienone is 1. The number of ketones is 1. The van der Waals surface area contributed by atoms with Crippen LogP contribution in [0, 0.1) is 13.8 Å². The van der Waals surface area contributed by atoms with Crippen LogP contribution in [-0.2, 0) is 4.79 Å². The molecule has 3 heteroatoms. The molecule has 0 radical (unpaired) electrons. The number of para-hydroxylation sites is 2. The van der Waals surface area contributed by atoms with Crippen LogP contribution in [0.4, 0.5) is 0 Å². The van der Waals surface area contributed by atoms with E-state index in [1.54, 1.807) is 6.92 Å². The Morgan fingerprint density at radius 2 is 1.91 bits per heavy atom. The van der Waals surface area contributed by atoms with Crippen LogP contribution in [0.2, 0.25) is 0 Å². The number of carbonyl (C=O) groups excluding carboxylic acids is 1. The lowest BCUT2D eigenvalue weighted by Gasteiger charge is -2.05. The molecule has 0 spiro atoms. The minimum absolute atomic E-state index is 0.0000350. The first-order chi connectivity index (χ1) is 10.5. The number of carbonyl (C=O) groups is 1. The molecule has 0 unspecified atom stereocenters. The molecule has 1 N–H and O–H groups in total. The van der Waals surface area contributed by atoms with E-state index in [1.165, 1.54) is 5.56 Å². The first kappa shape index (κ1) is 14.3. The maximum Gasteiger partial charge on any atom is 0.163 e. The van der Waals surface area contributed by atoms with Crippen molar-refractivity contribution in [1.82, 2.24) is 9.97 Å². The van der Waals surface area contributed by atoms with Crippen LogP contribution in [0.3, 0.4) is 0 Å². The lowest BCUT2D eigenvalue weighted by molar-refractivity contribution is -0.111. The zero-order valence-electron chi connectivity index (χ0n) is 13.0. The van der Waals surface area contributed by atoms with Crippen LogP contribution in [0.25, 0.3) is 22.7 Å². The summed E-state index contributed by atoms with van der Waals surface area (Å²) in [6, 6.07) is 14.0. The normalized spacial score (nSPS) is 11.9. The molecule has 0 amide bonds. The van der Waals surface area contributed by atoms with Crippen molar-refractivity contribution in [3.63, 3.8) is 0 Å². The molecule has 3 aromatic rings. The van der Waals surface area contributed by atoms with Gasteiger partial charge >= 0.3 is 0 Å². The van der Waals surface area contributed by atoms with Gasteiger partial charge in [-0.05, 0) is 50.1 Å². The summed E-state index contributed by atoms with van der Waals surface area (Å²) in [5.74, 6) is 0.620. The van der Waals surface area contributed by atoms with Crippen molar-refractivity contribution in [2.75, 3.05) is 0 Å². The number of aromatic nitrogens is 2. The molecule has 0 aliphatic carbocycles. The first-order valence-electron chi connectivity index (χ1n) is 7.29. The molecule has 1 aromatic heterocycles. The van der Waals surface area contributed by atoms with Gasteiger partial charge in [-0.3, -0.25) is 4.79 Å². The smallest absolute Gasteiger partial charge is 0.163 e. The molecule has 0 fully saturated rings. The molecular weight excluding hydrogens is 272 g/mol. The summed E-state index contributed by atoms with van der Waals surface area (Å²) in [5, 5.41) is 0. The van der Waals surface area contributed by atoms with Gasteiger partial charge in [-0.1, -0.05) is 35.9 Å². The van der Waals surface area contributed by atoms with E-state index in [0.29, 0.717) is 11.4 Å². The predicted molar refractivity (Wildman–Crippen MR) is 90.6 cm³/mol. The van der Waals surface area contributed by atoms with Crippen molar-refractivity contribution < 1.29 is 4.79 Å². The predicted octanol–water partition coefficient (Wildman–Crippen LogP) is 4.31. The number of hydrogen-bond acceptors (Lipinski definition) is 2. The maximum absolute atomic E-state index is 12.1. The van der Waals surface area contributed by atoms with Crippen LogP contribution in [0.15, 0.2) is 42.5 Å². The second-order valence-electron chi connectivity index (χ2n) is 5.58. The number of benzene rings is 2. The summed E-state index contributed by atoms with van der Waals surface area (Å²) in [6.07, 6.45) is 1.92. The van der Waals surface area contributed by atoms with Crippen LogP contribution in [-0.4, -0.2) is 15.8 Å². The van der Waals surface area contributed by atoms with Gasteiger partial charge in [0.1, 0.15) is 5.82 Å². The number of Topliss-reactive ketones (excluding diaryl/α,β-unsaturated/α-hetero) is 1. The van der Waals surface area contributed by atoms with Gasteiger partial charge < -0.3 is 4.98 Å². The maximum atomic E-state index is 12.1. The van der Waals surface area contributed by atoms with Crippen LogP contribution >= 0.6 is 0 Å². The molecule has 0 atom stereocenters. The Kier molecular flexibility index (Phi) is 3.63. The minimum atomic E-state index is -0.0000350. The second kappa shape index (κ2) is 5.60. The number of imidazole rings is 1. The summed E-state index contributed by atoms with van der Waals surface area (Å²) >= 11 is 0. The zero-order valence-corrected chi connectivity index (χ0v) is 13.0. The van der Waals surface area contributed by atoms with Gasteiger partial charge in [0.25, 0.3) is 0 Å². The number of fused-ring (bicyclic) bond motifs is 1. The zero-order chi connectivity index (χ0) is 15.7. The Morgan fingerprint density at radius 3 is 2.64 bits per heavy atom. The van der Waals surface area contributed by atoms with Gasteiger partial charge in [-0.15, -0.1) is 0 Å². The van der Waals surface area contributed by atoms with E-state index in [9.17, 15) is 4.79 Å². The number of nitrogens with one attached hydrogen (secondary N) is 1. The summed E-state index contributed by atoms with van der Waals surface area (Å²) in [5.41, 5.74) is 5.76. The second-order valence-corrected chi connectivity index (χ2v) is 5.58. The molecule has 22 heavy (non-hydrogen) atoms. The third-order valence-electron chi connectivity index (χ3n) is 3.76. The molecule has 3 rings (SSSR count). The number of H-pyrrole nitrogens is 1. The number of hydrogen-bond donors (Lipinski definition) is 1. The first-order valence-corrected chi connectivity index (χ1v) is 7.29. The Hall–Kier alpha value is -2.68. The van der Waals surface area contributed by atoms with Gasteiger partial charge in [-0.2, -0.15) is 0 Å². The number of aryl methyl sites for hydroxylation is 2. The van der Waals surface area contributed by atoms with Gasteiger partial charge in [0.05, 0.1) is 16.6 Å². The van der Waals surface area contributed by atoms with E-state index in [0.717, 1.165) is 22.2 Å².